The number of rotatable bonds is 13. The number of aromatic nitrogens is 14. The number of amidine groups is 1. The van der Waals surface area contributed by atoms with Crippen LogP contribution in [0.2, 0.25) is 0 Å². The number of alkyl carbamates (subject to hydrolysis) is 2. The predicted octanol–water partition coefficient (Wildman–Crippen LogP) is 10.3. The molecule has 0 aliphatic carbocycles. The highest BCUT2D eigenvalue weighted by Gasteiger charge is 2.25. The number of carbonyl (C=O) groups is 2. The van der Waals surface area contributed by atoms with E-state index in [4.69, 9.17) is 39.7 Å². The fourth-order valence-electron chi connectivity index (χ4n) is 7.83. The van der Waals surface area contributed by atoms with Crippen molar-refractivity contribution >= 4 is 18.0 Å². The lowest BCUT2D eigenvalue weighted by atomic mass is 10.2. The van der Waals surface area contributed by atoms with Crippen molar-refractivity contribution in [3.63, 3.8) is 0 Å². The van der Waals surface area contributed by atoms with Gasteiger partial charge in [-0.15, -0.1) is 0 Å². The molecule has 3 atom stereocenters. The van der Waals surface area contributed by atoms with Gasteiger partial charge in [-0.25, -0.2) is 29.5 Å². The van der Waals surface area contributed by atoms with E-state index in [2.05, 4.69) is 133 Å². The first-order valence-corrected chi connectivity index (χ1v) is 30.8. The molecule has 11 rings (SSSR count). The molecule has 11 aromatic heterocycles. The summed E-state index contributed by atoms with van der Waals surface area (Å²) >= 11 is 0. The van der Waals surface area contributed by atoms with Gasteiger partial charge in [-0.05, 0) is 168 Å². The van der Waals surface area contributed by atoms with Gasteiger partial charge in [0.05, 0.1) is 12.6 Å². The fourth-order valence-corrected chi connectivity index (χ4v) is 7.83. The zero-order valence-corrected chi connectivity index (χ0v) is 54.9. The van der Waals surface area contributed by atoms with Gasteiger partial charge in [0.25, 0.3) is 0 Å². The first kappa shape index (κ1) is 71.5. The molecular formula is C72H67N19O8. The number of hydrogen-bond donors (Lipinski definition) is 5. The van der Waals surface area contributed by atoms with Crippen molar-refractivity contribution in [3.8, 4) is 81.9 Å². The van der Waals surface area contributed by atoms with E-state index in [9.17, 15) is 9.59 Å². The highest BCUT2D eigenvalue weighted by Crippen LogP contribution is 2.23. The van der Waals surface area contributed by atoms with Crippen molar-refractivity contribution in [2.75, 3.05) is 6.61 Å². The smallest absolute Gasteiger partial charge is 0.408 e. The average molecular weight is 1330 g/mol. The number of hydrogen-bond acceptors (Lipinski definition) is 24. The maximum atomic E-state index is 12.0. The van der Waals surface area contributed by atoms with Gasteiger partial charge in [0.1, 0.15) is 63.2 Å². The van der Waals surface area contributed by atoms with Crippen LogP contribution in [-0.4, -0.2) is 106 Å². The van der Waals surface area contributed by atoms with Gasteiger partial charge < -0.3 is 50.4 Å². The van der Waals surface area contributed by atoms with E-state index in [1.54, 1.807) is 108 Å². The minimum Gasteiger partial charge on any atom is -0.450 e. The Kier molecular flexibility index (Phi) is 26.7. The van der Waals surface area contributed by atoms with Crippen LogP contribution in [0.15, 0.2) is 190 Å². The standard InChI is InChI=1S/C22H23N5O3.C20H19N5O3.C17H15N5O.C13H10N4O/c1-5-17(25-21(28)29-22(2,3)4)20-26-19(27-30-20)18-12-10-15(14-24-18)9-11-16-8-6-7-13-23-16;1-3-16(23-20(26)27-4-2)19-24-18(25-28-19)17-11-9-14(13-22-17)8-10-15-7-5-6-12-21-15;1-2-14(18)17-21-16(22-23-17)15-9-7-12(11-20-15)6-8-13-5-3-4-10-19-13;14-13(17-18)12-7-5-10(9-16-12)4-6-11-3-1-2-8-15-11/h6-8,10,12-14,17H,5H2,1-4H3,(H,25,28);5-7,9,11-13,16H,3-4H2,1-2H3,(H,23,26);3-5,7,9-11,14H,2,18H2,1H3;1-3,5,7-9,18H,(H2,14,17). The van der Waals surface area contributed by atoms with Gasteiger partial charge in [0.15, 0.2) is 5.84 Å². The molecule has 0 radical (unpaired) electrons. The second kappa shape index (κ2) is 36.9. The van der Waals surface area contributed by atoms with Gasteiger partial charge in [0, 0.05) is 71.8 Å². The maximum absolute atomic E-state index is 12.0. The van der Waals surface area contributed by atoms with Crippen molar-refractivity contribution in [1.82, 2.24) is 80.9 Å². The molecule has 0 bridgehead atoms. The molecule has 99 heavy (non-hydrogen) atoms. The van der Waals surface area contributed by atoms with Gasteiger partial charge in [-0.2, -0.15) is 15.0 Å². The van der Waals surface area contributed by atoms with Crippen LogP contribution in [0.25, 0.3) is 34.6 Å². The second-order valence-corrected chi connectivity index (χ2v) is 21.4. The number of nitrogens with two attached hydrogens (primary N) is 2. The summed E-state index contributed by atoms with van der Waals surface area (Å²) in [5.74, 6) is 25.9. The SMILES string of the molecule is CCC(N)c1nc(-c2ccc(C#Cc3ccccn3)cn2)no1.CCC(NC(=O)OC(C)(C)C)c1nc(-c2ccc(C#Cc3ccccn3)cn2)no1.CCOC(=O)NC(CC)c1nc(-c2ccc(C#Cc3ccccn3)cn2)no1.N/C(=N\O)c1ccc(C#Cc2ccccn2)cn1. The number of carbonyl (C=O) groups excluding carboxylic acids is 2. The second-order valence-electron chi connectivity index (χ2n) is 21.4. The van der Waals surface area contributed by atoms with Crippen molar-refractivity contribution in [3.05, 3.63) is 239 Å². The van der Waals surface area contributed by atoms with Gasteiger partial charge >= 0.3 is 12.2 Å². The highest BCUT2D eigenvalue weighted by molar-refractivity contribution is 5.95. The van der Waals surface area contributed by atoms with E-state index in [0.717, 1.165) is 28.7 Å². The topological polar surface area (TPSA) is 381 Å². The maximum Gasteiger partial charge on any atom is 0.408 e. The van der Waals surface area contributed by atoms with Gasteiger partial charge in [-0.1, -0.05) is 89.3 Å². The molecule has 27 nitrogen and oxygen atoms in total. The molecule has 0 aliphatic rings. The summed E-state index contributed by atoms with van der Waals surface area (Å²) in [7, 11) is 0. The lowest BCUT2D eigenvalue weighted by molar-refractivity contribution is 0.0492. The molecule has 0 saturated heterocycles. The third kappa shape index (κ3) is 23.3. The summed E-state index contributed by atoms with van der Waals surface area (Å²) in [4.78, 5) is 70.2. The van der Waals surface area contributed by atoms with Crippen LogP contribution in [0.5, 0.6) is 0 Å². The van der Waals surface area contributed by atoms with E-state index in [0.29, 0.717) is 93.5 Å². The number of amides is 2. The van der Waals surface area contributed by atoms with Crippen molar-refractivity contribution in [1.29, 1.82) is 0 Å². The Morgan fingerprint density at radius 2 is 0.848 bits per heavy atom. The van der Waals surface area contributed by atoms with Crippen molar-refractivity contribution in [2.45, 2.75) is 91.5 Å². The summed E-state index contributed by atoms with van der Waals surface area (Å²) in [6, 6.07) is 35.3. The van der Waals surface area contributed by atoms with Crippen LogP contribution in [0.3, 0.4) is 0 Å². The van der Waals surface area contributed by atoms with Gasteiger partial charge in [0.2, 0.25) is 35.1 Å². The minimum absolute atomic E-state index is 0.0285. The normalized spacial score (nSPS) is 11.4. The van der Waals surface area contributed by atoms with Crippen molar-refractivity contribution < 1.29 is 37.8 Å². The monoisotopic (exact) mass is 1330 g/mol. The molecular weight excluding hydrogens is 1260 g/mol. The Bertz CT molecular complexity index is 4640. The van der Waals surface area contributed by atoms with Crippen LogP contribution in [-0.2, 0) is 9.47 Å². The summed E-state index contributed by atoms with van der Waals surface area (Å²) < 4.78 is 25.9. The zero-order valence-electron chi connectivity index (χ0n) is 54.9. The number of nitrogens with one attached hydrogen (secondary N) is 2. The summed E-state index contributed by atoms with van der Waals surface area (Å²) in [5.41, 5.74) is 18.6. The molecule has 0 aromatic carbocycles. The van der Waals surface area contributed by atoms with E-state index in [1.165, 1.54) is 0 Å². The Hall–Kier alpha value is -13.4. The molecule has 3 unspecified atom stereocenters. The van der Waals surface area contributed by atoms with E-state index in [-0.39, 0.29) is 18.5 Å². The van der Waals surface area contributed by atoms with Crippen LogP contribution in [0.4, 0.5) is 9.59 Å². The van der Waals surface area contributed by atoms with Crippen LogP contribution in [0, 0.1) is 47.4 Å². The molecule has 498 valence electrons. The molecule has 7 N–H and O–H groups in total. The number of oxime groups is 1. The summed E-state index contributed by atoms with van der Waals surface area (Å²) in [6.45, 7) is 13.2. The molecule has 0 fully saturated rings. The molecule has 0 spiro atoms. The number of nitrogens with zero attached hydrogens (tertiary/aromatic N) is 15. The Balaban J connectivity index is 0.000000171. The number of ether oxygens (including phenoxy) is 2. The first-order chi connectivity index (χ1) is 48.1. The zero-order chi connectivity index (χ0) is 70.2. The first-order valence-electron chi connectivity index (χ1n) is 30.8. The largest absolute Gasteiger partial charge is 0.450 e. The van der Waals surface area contributed by atoms with Crippen LogP contribution in [0.1, 0.15) is 154 Å². The molecule has 11 heterocycles. The van der Waals surface area contributed by atoms with Crippen LogP contribution >= 0.6 is 0 Å². The Labute approximate surface area is 570 Å². The Morgan fingerprint density at radius 1 is 0.485 bits per heavy atom. The molecule has 0 saturated carbocycles. The molecule has 0 aliphatic heterocycles. The quantitative estimate of drug-likeness (QED) is 0.0235. The van der Waals surface area contributed by atoms with E-state index < -0.39 is 29.9 Å². The minimum atomic E-state index is -0.590. The third-order valence-electron chi connectivity index (χ3n) is 12.9. The predicted molar refractivity (Wildman–Crippen MR) is 363 cm³/mol. The van der Waals surface area contributed by atoms with E-state index in [1.807, 2.05) is 112 Å². The average Bonchev–Trinajstić information content (AvgIpc) is 1.74. The molecule has 2 amide bonds. The molecule has 27 heteroatoms. The molecule has 11 aromatic rings. The van der Waals surface area contributed by atoms with Crippen molar-refractivity contribution in [2.24, 2.45) is 16.6 Å². The summed E-state index contributed by atoms with van der Waals surface area (Å²) in [6.07, 6.45) is 14.1. The highest BCUT2D eigenvalue weighted by atomic mass is 16.6. The summed E-state index contributed by atoms with van der Waals surface area (Å²) in [5, 5.41) is 28.6. The van der Waals surface area contributed by atoms with Crippen LogP contribution < -0.4 is 22.1 Å². The fraction of sp³-hybridized carbons (Fsp3) is 0.208. The number of pyridine rings is 8. The van der Waals surface area contributed by atoms with Gasteiger partial charge in [-0.3, -0.25) is 19.9 Å². The van der Waals surface area contributed by atoms with E-state index >= 15 is 0 Å². The lowest BCUT2D eigenvalue weighted by Gasteiger charge is -2.21. The lowest BCUT2D eigenvalue weighted by Crippen LogP contribution is -2.34. The third-order valence-corrected chi connectivity index (χ3v) is 12.9. The Morgan fingerprint density at radius 3 is 1.15 bits per heavy atom.